The number of aryl methyl sites for hydroxylation is 1. The molecule has 1 N–H and O–H groups in total. The van der Waals surface area contributed by atoms with Crippen LogP contribution in [0, 0.1) is 0 Å². The number of nitrogens with one attached hydrogen (secondary N) is 1. The van der Waals surface area contributed by atoms with Crippen LogP contribution in [0.15, 0.2) is 6.33 Å². The van der Waals surface area contributed by atoms with E-state index < -0.39 is 0 Å². The van der Waals surface area contributed by atoms with Crippen LogP contribution in [0.25, 0.3) is 0 Å². The topological polar surface area (TPSA) is 37.8 Å². The number of hydrogen-bond donors (Lipinski definition) is 1. The summed E-state index contributed by atoms with van der Waals surface area (Å²) in [6.07, 6.45) is 2.66. The standard InChI is InChI=1S/C8H11N3/c1-2-7-6-3-9-4-8(6)11-5-10-7/h5,9H,2-4H2,1H3. The minimum absolute atomic E-state index is 0.908. The highest BCUT2D eigenvalue weighted by Crippen LogP contribution is 2.15. The van der Waals surface area contributed by atoms with Gasteiger partial charge < -0.3 is 5.32 Å². The molecule has 0 fully saturated rings. The molecule has 2 rings (SSSR count). The van der Waals surface area contributed by atoms with E-state index in [2.05, 4.69) is 22.2 Å². The highest BCUT2D eigenvalue weighted by Gasteiger charge is 2.14. The lowest BCUT2D eigenvalue weighted by atomic mass is 10.1. The van der Waals surface area contributed by atoms with Crippen molar-refractivity contribution < 1.29 is 0 Å². The Morgan fingerprint density at radius 3 is 3.18 bits per heavy atom. The normalized spacial score (nSPS) is 15.0. The molecule has 1 aliphatic heterocycles. The summed E-state index contributed by atoms with van der Waals surface area (Å²) in [5.74, 6) is 0. The number of nitrogens with zero attached hydrogens (tertiary/aromatic N) is 2. The lowest BCUT2D eigenvalue weighted by Crippen LogP contribution is -2.01. The molecule has 0 aliphatic carbocycles. The van der Waals surface area contributed by atoms with Gasteiger partial charge in [-0.15, -0.1) is 0 Å². The van der Waals surface area contributed by atoms with E-state index in [0.29, 0.717) is 0 Å². The van der Waals surface area contributed by atoms with Crippen LogP contribution in [0.4, 0.5) is 0 Å². The van der Waals surface area contributed by atoms with Gasteiger partial charge in [0, 0.05) is 24.3 Å². The third-order valence-corrected chi connectivity index (χ3v) is 2.05. The average molecular weight is 149 g/mol. The molecule has 0 radical (unpaired) electrons. The zero-order chi connectivity index (χ0) is 7.68. The molecule has 0 bridgehead atoms. The zero-order valence-corrected chi connectivity index (χ0v) is 6.59. The smallest absolute Gasteiger partial charge is 0.116 e. The van der Waals surface area contributed by atoms with E-state index in [0.717, 1.165) is 19.5 Å². The maximum Gasteiger partial charge on any atom is 0.116 e. The lowest BCUT2D eigenvalue weighted by molar-refractivity contribution is 0.755. The molecule has 0 unspecified atom stereocenters. The van der Waals surface area contributed by atoms with Gasteiger partial charge in [-0.1, -0.05) is 6.92 Å². The average Bonchev–Trinajstić information content (AvgIpc) is 2.50. The summed E-state index contributed by atoms with van der Waals surface area (Å²) in [6.45, 7) is 3.98. The number of rotatable bonds is 1. The Bertz CT molecular complexity index is 270. The van der Waals surface area contributed by atoms with E-state index in [1.54, 1.807) is 6.33 Å². The molecule has 0 aromatic carbocycles. The van der Waals surface area contributed by atoms with Crippen molar-refractivity contribution in [2.45, 2.75) is 26.4 Å². The minimum Gasteiger partial charge on any atom is -0.307 e. The third-order valence-electron chi connectivity index (χ3n) is 2.05. The predicted octanol–water partition coefficient (Wildman–Crippen LogP) is 0.642. The summed E-state index contributed by atoms with van der Waals surface area (Å²) < 4.78 is 0. The maximum absolute atomic E-state index is 4.22. The fourth-order valence-electron chi connectivity index (χ4n) is 1.46. The van der Waals surface area contributed by atoms with Crippen LogP contribution in [0.5, 0.6) is 0 Å². The molecular formula is C8H11N3. The monoisotopic (exact) mass is 149 g/mol. The van der Waals surface area contributed by atoms with Crippen LogP contribution in [-0.2, 0) is 19.5 Å². The van der Waals surface area contributed by atoms with Gasteiger partial charge in [0.2, 0.25) is 0 Å². The molecule has 1 aromatic heterocycles. The Labute approximate surface area is 65.9 Å². The summed E-state index contributed by atoms with van der Waals surface area (Å²) >= 11 is 0. The number of fused-ring (bicyclic) bond motifs is 1. The van der Waals surface area contributed by atoms with Crippen molar-refractivity contribution >= 4 is 0 Å². The van der Waals surface area contributed by atoms with E-state index in [1.165, 1.54) is 17.0 Å². The van der Waals surface area contributed by atoms with Crippen molar-refractivity contribution in [1.82, 2.24) is 15.3 Å². The van der Waals surface area contributed by atoms with Gasteiger partial charge in [-0.05, 0) is 6.42 Å². The van der Waals surface area contributed by atoms with E-state index in [9.17, 15) is 0 Å². The van der Waals surface area contributed by atoms with E-state index in [1.807, 2.05) is 0 Å². The SMILES string of the molecule is CCc1ncnc2c1CNC2. The number of hydrogen-bond acceptors (Lipinski definition) is 3. The van der Waals surface area contributed by atoms with E-state index in [4.69, 9.17) is 0 Å². The van der Waals surface area contributed by atoms with Gasteiger partial charge in [0.05, 0.1) is 5.69 Å². The molecule has 0 saturated carbocycles. The highest BCUT2D eigenvalue weighted by molar-refractivity contribution is 5.27. The molecule has 0 atom stereocenters. The van der Waals surface area contributed by atoms with Gasteiger partial charge in [-0.25, -0.2) is 9.97 Å². The second-order valence-corrected chi connectivity index (χ2v) is 2.70. The number of aromatic nitrogens is 2. The Kier molecular flexibility index (Phi) is 1.58. The molecule has 0 amide bonds. The van der Waals surface area contributed by atoms with Gasteiger partial charge in [-0.2, -0.15) is 0 Å². The van der Waals surface area contributed by atoms with Crippen LogP contribution >= 0.6 is 0 Å². The van der Waals surface area contributed by atoms with Gasteiger partial charge in [-0.3, -0.25) is 0 Å². The second kappa shape index (κ2) is 2.58. The third kappa shape index (κ3) is 1.01. The molecule has 11 heavy (non-hydrogen) atoms. The van der Waals surface area contributed by atoms with Crippen LogP contribution in [-0.4, -0.2) is 9.97 Å². The van der Waals surface area contributed by atoms with Crippen LogP contribution in [0.3, 0.4) is 0 Å². The molecule has 58 valence electrons. The van der Waals surface area contributed by atoms with E-state index in [-0.39, 0.29) is 0 Å². The van der Waals surface area contributed by atoms with Crippen LogP contribution < -0.4 is 5.32 Å². The van der Waals surface area contributed by atoms with Crippen molar-refractivity contribution in [1.29, 1.82) is 0 Å². The van der Waals surface area contributed by atoms with Crippen molar-refractivity contribution in [2.75, 3.05) is 0 Å². The van der Waals surface area contributed by atoms with E-state index >= 15 is 0 Å². The molecule has 0 spiro atoms. The molecule has 1 aliphatic rings. The minimum atomic E-state index is 0.908. The van der Waals surface area contributed by atoms with Crippen LogP contribution in [0.2, 0.25) is 0 Å². The predicted molar refractivity (Wildman–Crippen MR) is 42.0 cm³/mol. The first kappa shape index (κ1) is 6.73. The lowest BCUT2D eigenvalue weighted by Gasteiger charge is -2.00. The summed E-state index contributed by atoms with van der Waals surface area (Å²) in [5, 5.41) is 3.26. The first-order valence-corrected chi connectivity index (χ1v) is 3.94. The van der Waals surface area contributed by atoms with Gasteiger partial charge in [0.25, 0.3) is 0 Å². The molecule has 3 heteroatoms. The molecule has 3 nitrogen and oxygen atoms in total. The zero-order valence-electron chi connectivity index (χ0n) is 6.59. The summed E-state index contributed by atoms with van der Waals surface area (Å²) in [7, 11) is 0. The Balaban J connectivity index is 2.50. The van der Waals surface area contributed by atoms with Crippen molar-refractivity contribution in [3.63, 3.8) is 0 Å². The van der Waals surface area contributed by atoms with Crippen molar-refractivity contribution in [3.05, 3.63) is 23.3 Å². The van der Waals surface area contributed by atoms with Gasteiger partial charge >= 0.3 is 0 Å². The summed E-state index contributed by atoms with van der Waals surface area (Å²) in [5.41, 5.74) is 3.69. The fraction of sp³-hybridized carbons (Fsp3) is 0.500. The molecule has 2 heterocycles. The fourth-order valence-corrected chi connectivity index (χ4v) is 1.46. The quantitative estimate of drug-likeness (QED) is 0.636. The molecular weight excluding hydrogens is 138 g/mol. The molecule has 1 aromatic rings. The van der Waals surface area contributed by atoms with Crippen molar-refractivity contribution in [2.24, 2.45) is 0 Å². The van der Waals surface area contributed by atoms with Gasteiger partial charge in [0.15, 0.2) is 0 Å². The highest BCUT2D eigenvalue weighted by atomic mass is 15.0. The first-order valence-electron chi connectivity index (χ1n) is 3.94. The second-order valence-electron chi connectivity index (χ2n) is 2.70. The Hall–Kier alpha value is -0.960. The maximum atomic E-state index is 4.22. The molecule has 0 saturated heterocycles. The summed E-state index contributed by atoms with van der Waals surface area (Å²) in [4.78, 5) is 8.41. The van der Waals surface area contributed by atoms with Crippen molar-refractivity contribution in [3.8, 4) is 0 Å². The summed E-state index contributed by atoms with van der Waals surface area (Å²) in [6, 6.07) is 0. The first-order chi connectivity index (χ1) is 5.42. The van der Waals surface area contributed by atoms with Gasteiger partial charge in [0.1, 0.15) is 6.33 Å². The largest absolute Gasteiger partial charge is 0.307 e. The van der Waals surface area contributed by atoms with Crippen LogP contribution in [0.1, 0.15) is 23.9 Å². The Morgan fingerprint density at radius 1 is 1.45 bits per heavy atom. The Morgan fingerprint density at radius 2 is 2.36 bits per heavy atom.